The van der Waals surface area contributed by atoms with Gasteiger partial charge in [-0.1, -0.05) is 63.4 Å². The lowest BCUT2D eigenvalue weighted by molar-refractivity contribution is -0.124. The van der Waals surface area contributed by atoms with Crippen molar-refractivity contribution in [1.29, 1.82) is 0 Å². The number of aromatic nitrogens is 2. The Morgan fingerprint density at radius 3 is 2.35 bits per heavy atom. The third kappa shape index (κ3) is 4.59. The summed E-state index contributed by atoms with van der Waals surface area (Å²) in [5, 5.41) is 0.460. The second-order valence-corrected chi connectivity index (χ2v) is 12.2. The monoisotopic (exact) mass is 619 g/mol. The lowest BCUT2D eigenvalue weighted by Gasteiger charge is -2.27. The maximum atomic E-state index is 14.1. The van der Waals surface area contributed by atoms with E-state index in [-0.39, 0.29) is 34.7 Å². The van der Waals surface area contributed by atoms with E-state index in [9.17, 15) is 13.2 Å². The van der Waals surface area contributed by atoms with Crippen LogP contribution in [-0.4, -0.2) is 23.9 Å². The summed E-state index contributed by atoms with van der Waals surface area (Å²) in [4.78, 5) is 19.8. The third-order valence-corrected chi connectivity index (χ3v) is 8.41. The van der Waals surface area contributed by atoms with Crippen LogP contribution in [0.15, 0.2) is 82.4 Å². The van der Waals surface area contributed by atoms with Crippen LogP contribution in [0, 0.1) is 0 Å². The van der Waals surface area contributed by atoms with Crippen LogP contribution in [0.25, 0.3) is 0 Å². The fourth-order valence-corrected chi connectivity index (χ4v) is 6.48. The van der Waals surface area contributed by atoms with Gasteiger partial charge in [0, 0.05) is 20.9 Å². The van der Waals surface area contributed by atoms with Crippen molar-refractivity contribution >= 4 is 78.1 Å². The molecule has 3 N–H and O–H groups in total. The summed E-state index contributed by atoms with van der Waals surface area (Å²) in [7, 11) is -4.20. The van der Waals surface area contributed by atoms with Gasteiger partial charge in [0.2, 0.25) is 5.95 Å². The third-order valence-electron chi connectivity index (χ3n) is 6.12. The molecule has 190 valence electrons. The highest BCUT2D eigenvalue weighted by molar-refractivity contribution is 9.10. The van der Waals surface area contributed by atoms with Crippen molar-refractivity contribution in [1.82, 2.24) is 9.55 Å². The van der Waals surface area contributed by atoms with Crippen molar-refractivity contribution in [3.8, 4) is 0 Å². The van der Waals surface area contributed by atoms with Crippen molar-refractivity contribution in [3.05, 3.63) is 93.0 Å². The highest BCUT2D eigenvalue weighted by atomic mass is 79.9. The van der Waals surface area contributed by atoms with Crippen LogP contribution in [0.1, 0.15) is 12.5 Å². The van der Waals surface area contributed by atoms with Gasteiger partial charge in [-0.15, -0.1) is 0 Å². The molecule has 0 fully saturated rings. The first kappa shape index (κ1) is 25.6. The summed E-state index contributed by atoms with van der Waals surface area (Å²) in [5.41, 5.74) is 6.30. The topological polar surface area (TPSA) is 110 Å². The smallest absolute Gasteiger partial charge is 0.279 e. The fraction of sp³-hybridized carbons (Fsp3) is 0.120. The van der Waals surface area contributed by atoms with Crippen LogP contribution in [0.4, 0.5) is 23.0 Å². The van der Waals surface area contributed by atoms with Gasteiger partial charge in [-0.25, -0.2) is 9.88 Å². The normalized spacial score (nSPS) is 17.2. The maximum absolute atomic E-state index is 14.1. The van der Waals surface area contributed by atoms with E-state index < -0.39 is 15.6 Å². The molecule has 0 unspecified atom stereocenters. The van der Waals surface area contributed by atoms with Gasteiger partial charge in [0.15, 0.2) is 5.03 Å². The summed E-state index contributed by atoms with van der Waals surface area (Å²) >= 11 is 15.9. The van der Waals surface area contributed by atoms with E-state index in [1.54, 1.807) is 49.4 Å². The molecule has 1 aliphatic rings. The molecule has 0 saturated heterocycles. The van der Waals surface area contributed by atoms with E-state index in [1.165, 1.54) is 15.7 Å². The summed E-state index contributed by atoms with van der Waals surface area (Å²) in [6.45, 7) is 1.69. The average molecular weight is 621 g/mol. The lowest BCUT2D eigenvalue weighted by atomic mass is 9.92. The first-order valence-electron chi connectivity index (χ1n) is 11.0. The average Bonchev–Trinajstić information content (AvgIpc) is 3.35. The fourth-order valence-electron chi connectivity index (χ4n) is 4.41. The molecule has 8 nitrogen and oxygen atoms in total. The van der Waals surface area contributed by atoms with Crippen LogP contribution in [0.3, 0.4) is 0 Å². The van der Waals surface area contributed by atoms with Crippen molar-refractivity contribution in [3.63, 3.8) is 0 Å². The number of amides is 1. The highest BCUT2D eigenvalue weighted by Crippen LogP contribution is 2.44. The number of nitrogens with zero attached hydrogens (tertiary/aromatic N) is 3. The number of benzene rings is 3. The van der Waals surface area contributed by atoms with E-state index >= 15 is 0 Å². The largest absolute Gasteiger partial charge is 0.397 e. The summed E-state index contributed by atoms with van der Waals surface area (Å²) in [5.74, 6) is -0.253. The molecule has 2 heterocycles. The molecular weight excluding hydrogens is 601 g/mol. The van der Waals surface area contributed by atoms with E-state index in [0.29, 0.717) is 15.7 Å². The Bertz CT molecular complexity index is 1620. The number of fused-ring (bicyclic) bond motifs is 1. The minimum atomic E-state index is -4.20. The van der Waals surface area contributed by atoms with Gasteiger partial charge in [0.25, 0.3) is 15.9 Å². The lowest BCUT2D eigenvalue weighted by Crippen LogP contribution is -2.42. The van der Waals surface area contributed by atoms with Crippen LogP contribution < -0.4 is 15.4 Å². The van der Waals surface area contributed by atoms with Crippen LogP contribution in [-0.2, 0) is 26.8 Å². The number of hydrogen-bond donors (Lipinski definition) is 2. The minimum Gasteiger partial charge on any atom is -0.397 e. The number of sulfonamides is 1. The number of nitrogen functional groups attached to an aromatic ring is 1. The molecule has 3 aromatic carbocycles. The molecule has 0 radical (unpaired) electrons. The standard InChI is InChI=1S/C25H20BrCl2N5O3S/c1-25(13-15-6-8-16(26)9-7-15)23(34)32(19-11-17(27)10-18(28)12-19)24-30-14-22(33(24)25)37(35,36)31-21-5-3-2-4-20(21)29/h2-12,14,31H,13,29H2,1H3/t25-/m1/s1. The highest BCUT2D eigenvalue weighted by Gasteiger charge is 2.51. The van der Waals surface area contributed by atoms with E-state index in [0.717, 1.165) is 10.0 Å². The SMILES string of the molecule is C[C@@]1(Cc2ccc(Br)cc2)C(=O)N(c2cc(Cl)cc(Cl)c2)c2ncc(S(=O)(=O)Nc3ccccc3N)n21. The summed E-state index contributed by atoms with van der Waals surface area (Å²) < 4.78 is 32.1. The first-order valence-corrected chi connectivity index (χ1v) is 14.0. The van der Waals surface area contributed by atoms with Crippen molar-refractivity contribution in [2.45, 2.75) is 23.9 Å². The molecule has 0 saturated carbocycles. The Hall–Kier alpha value is -3.05. The molecule has 1 aromatic heterocycles. The number of nitrogens with two attached hydrogens (primary N) is 1. The Labute approximate surface area is 232 Å². The molecule has 12 heteroatoms. The number of imidazole rings is 1. The molecule has 1 amide bonds. The number of carbonyl (C=O) groups excluding carboxylic acids is 1. The zero-order valence-electron chi connectivity index (χ0n) is 19.3. The molecular formula is C25H20BrCl2N5O3S. The molecule has 1 atom stereocenters. The molecule has 1 aliphatic heterocycles. The first-order chi connectivity index (χ1) is 17.5. The molecule has 0 aliphatic carbocycles. The van der Waals surface area contributed by atoms with E-state index in [4.69, 9.17) is 28.9 Å². The van der Waals surface area contributed by atoms with Gasteiger partial charge < -0.3 is 5.73 Å². The summed E-state index contributed by atoms with van der Waals surface area (Å²) in [6.07, 6.45) is 1.42. The Morgan fingerprint density at radius 1 is 1.05 bits per heavy atom. The number of hydrogen-bond acceptors (Lipinski definition) is 5. The Kier molecular flexibility index (Phi) is 6.47. The number of carbonyl (C=O) groups is 1. The summed E-state index contributed by atoms with van der Waals surface area (Å²) in [6, 6.07) is 18.7. The van der Waals surface area contributed by atoms with Crippen LogP contribution in [0.5, 0.6) is 0 Å². The predicted octanol–water partition coefficient (Wildman–Crippen LogP) is 5.97. The number of anilines is 4. The zero-order valence-corrected chi connectivity index (χ0v) is 23.2. The number of rotatable bonds is 6. The van der Waals surface area contributed by atoms with Crippen LogP contribution >= 0.6 is 39.1 Å². The van der Waals surface area contributed by atoms with Gasteiger partial charge in [0.1, 0.15) is 5.54 Å². The number of halogens is 3. The van der Waals surface area contributed by atoms with Gasteiger partial charge in [-0.05, 0) is 55.0 Å². The van der Waals surface area contributed by atoms with Gasteiger partial charge in [0.05, 0.1) is 23.3 Å². The molecule has 37 heavy (non-hydrogen) atoms. The predicted molar refractivity (Wildman–Crippen MR) is 149 cm³/mol. The quantitative estimate of drug-likeness (QED) is 0.258. The number of nitrogens with one attached hydrogen (secondary N) is 1. The minimum absolute atomic E-state index is 0.129. The second-order valence-electron chi connectivity index (χ2n) is 8.77. The second kappa shape index (κ2) is 9.36. The van der Waals surface area contributed by atoms with Crippen molar-refractivity contribution < 1.29 is 13.2 Å². The van der Waals surface area contributed by atoms with Gasteiger partial charge >= 0.3 is 0 Å². The number of para-hydroxylation sites is 2. The molecule has 0 spiro atoms. The molecule has 0 bridgehead atoms. The van der Waals surface area contributed by atoms with Gasteiger partial charge in [-0.2, -0.15) is 8.42 Å². The van der Waals surface area contributed by atoms with Crippen molar-refractivity contribution in [2.24, 2.45) is 0 Å². The Morgan fingerprint density at radius 2 is 1.70 bits per heavy atom. The van der Waals surface area contributed by atoms with Gasteiger partial charge in [-0.3, -0.25) is 14.1 Å². The van der Waals surface area contributed by atoms with E-state index in [1.807, 2.05) is 24.3 Å². The molecule has 5 rings (SSSR count). The molecule has 4 aromatic rings. The zero-order chi connectivity index (χ0) is 26.5. The maximum Gasteiger partial charge on any atom is 0.279 e. The Balaban J connectivity index is 1.68. The van der Waals surface area contributed by atoms with Crippen LogP contribution in [0.2, 0.25) is 10.0 Å². The van der Waals surface area contributed by atoms with Crippen molar-refractivity contribution in [2.75, 3.05) is 15.4 Å². The van der Waals surface area contributed by atoms with E-state index in [2.05, 4.69) is 25.6 Å².